The van der Waals surface area contributed by atoms with E-state index in [4.69, 9.17) is 16.3 Å². The van der Waals surface area contributed by atoms with E-state index in [-0.39, 0.29) is 5.78 Å². The minimum Gasteiger partial charge on any atom is -0.462 e. The molecule has 5 heteroatoms. The van der Waals surface area contributed by atoms with Gasteiger partial charge in [-0.15, -0.1) is 0 Å². The highest BCUT2D eigenvalue weighted by atomic mass is 35.5. The van der Waals surface area contributed by atoms with Gasteiger partial charge in [0, 0.05) is 17.0 Å². The van der Waals surface area contributed by atoms with Crippen LogP contribution in [0.2, 0.25) is 5.02 Å². The topological polar surface area (TPSA) is 38.3 Å². The molecule has 0 aliphatic carbocycles. The number of thioether (sulfide) groups is 1. The minimum absolute atomic E-state index is 0.167. The number of halogens is 1. The summed E-state index contributed by atoms with van der Waals surface area (Å²) in [5.41, 5.74) is 3.02. The monoisotopic (exact) mass is 369 g/mol. The van der Waals surface area contributed by atoms with Crippen molar-refractivity contribution in [2.45, 2.75) is 6.92 Å². The quantitative estimate of drug-likeness (QED) is 0.422. The second kappa shape index (κ2) is 7.64. The average molecular weight is 370 g/mol. The lowest BCUT2D eigenvalue weighted by Crippen LogP contribution is -2.05. The summed E-state index contributed by atoms with van der Waals surface area (Å²) in [6, 6.07) is 15.0. The number of hydrogen-bond acceptors (Lipinski definition) is 4. The van der Waals surface area contributed by atoms with Crippen LogP contribution in [0.1, 0.15) is 22.8 Å². The van der Waals surface area contributed by atoms with E-state index in [9.17, 15) is 4.79 Å². The first-order valence-corrected chi connectivity index (χ1v) is 8.86. The molecule has 2 aromatic rings. The van der Waals surface area contributed by atoms with Crippen LogP contribution < -0.4 is 10.1 Å². The molecule has 1 N–H and O–H groups in total. The number of allylic oxidation sites excluding steroid dienone is 1. The first-order chi connectivity index (χ1) is 12.0. The molecule has 3 rings (SSSR count). The van der Waals surface area contributed by atoms with Crippen molar-refractivity contribution in [3.63, 3.8) is 0 Å². The summed E-state index contributed by atoms with van der Waals surface area (Å²) in [4.78, 5) is 12.0. The summed E-state index contributed by atoms with van der Waals surface area (Å²) in [6.07, 6.45) is 1.63. The van der Waals surface area contributed by atoms with Crippen molar-refractivity contribution >= 4 is 34.8 Å². The van der Waals surface area contributed by atoms with E-state index in [2.05, 4.69) is 11.9 Å². The predicted molar refractivity (Wildman–Crippen MR) is 104 cm³/mol. The van der Waals surface area contributed by atoms with Crippen LogP contribution in [0.25, 0.3) is 5.70 Å². The third-order valence-corrected chi connectivity index (χ3v) is 4.64. The highest BCUT2D eigenvalue weighted by Gasteiger charge is 2.13. The Hall–Kier alpha value is -2.43. The smallest absolute Gasteiger partial charge is 0.189 e. The van der Waals surface area contributed by atoms with Gasteiger partial charge in [0.25, 0.3) is 0 Å². The van der Waals surface area contributed by atoms with Gasteiger partial charge in [0.2, 0.25) is 0 Å². The molecule has 0 saturated carbocycles. The molecule has 3 nitrogen and oxygen atoms in total. The predicted octanol–water partition coefficient (Wildman–Crippen LogP) is 5.61. The number of hydrogen-bond donors (Lipinski definition) is 1. The number of ether oxygens (including phenoxy) is 1. The van der Waals surface area contributed by atoms with Crippen molar-refractivity contribution in [2.75, 3.05) is 0 Å². The molecule has 1 aliphatic heterocycles. The van der Waals surface area contributed by atoms with Crippen molar-refractivity contribution in [1.29, 1.82) is 0 Å². The number of carbonyl (C=O) groups excluding carboxylic acids is 1. The highest BCUT2D eigenvalue weighted by Crippen LogP contribution is 2.30. The molecule has 0 aromatic heterocycles. The van der Waals surface area contributed by atoms with Crippen LogP contribution in [-0.4, -0.2) is 5.78 Å². The Morgan fingerprint density at radius 2 is 2.00 bits per heavy atom. The maximum Gasteiger partial charge on any atom is 0.189 e. The van der Waals surface area contributed by atoms with E-state index in [1.807, 2.05) is 35.7 Å². The highest BCUT2D eigenvalue weighted by molar-refractivity contribution is 8.06. The van der Waals surface area contributed by atoms with E-state index in [0.717, 1.165) is 16.3 Å². The lowest BCUT2D eigenvalue weighted by molar-refractivity contribution is 0.103. The van der Waals surface area contributed by atoms with Gasteiger partial charge in [0.05, 0.1) is 10.7 Å². The van der Waals surface area contributed by atoms with Crippen LogP contribution in [0, 0.1) is 0 Å². The first-order valence-electron chi connectivity index (χ1n) is 7.60. The van der Waals surface area contributed by atoms with Gasteiger partial charge in [-0.25, -0.2) is 0 Å². The number of benzene rings is 2. The number of nitrogens with one attached hydrogen (secondary N) is 1. The van der Waals surface area contributed by atoms with Crippen LogP contribution in [0.3, 0.4) is 0 Å². The number of rotatable bonds is 5. The molecule has 126 valence electrons. The van der Waals surface area contributed by atoms with Crippen LogP contribution >= 0.6 is 23.4 Å². The number of ketones is 1. The third kappa shape index (κ3) is 4.16. The van der Waals surface area contributed by atoms with Gasteiger partial charge >= 0.3 is 0 Å². The molecule has 25 heavy (non-hydrogen) atoms. The van der Waals surface area contributed by atoms with Crippen LogP contribution in [0.4, 0.5) is 0 Å². The van der Waals surface area contributed by atoms with Gasteiger partial charge in [0.15, 0.2) is 5.78 Å². The van der Waals surface area contributed by atoms with Gasteiger partial charge < -0.3 is 10.1 Å². The van der Waals surface area contributed by atoms with Crippen LogP contribution in [0.5, 0.6) is 5.75 Å². The van der Waals surface area contributed by atoms with Gasteiger partial charge in [-0.3, -0.25) is 4.79 Å². The summed E-state index contributed by atoms with van der Waals surface area (Å²) in [5, 5.41) is 6.55. The fourth-order valence-corrected chi connectivity index (χ4v) is 3.20. The fourth-order valence-electron chi connectivity index (χ4n) is 2.23. The maximum absolute atomic E-state index is 12.0. The van der Waals surface area contributed by atoms with E-state index in [1.165, 1.54) is 0 Å². The van der Waals surface area contributed by atoms with E-state index in [1.54, 1.807) is 43.1 Å². The largest absolute Gasteiger partial charge is 0.462 e. The Morgan fingerprint density at radius 3 is 2.68 bits per heavy atom. The molecule has 1 heterocycles. The second-order valence-corrected chi connectivity index (χ2v) is 6.81. The molecular formula is C20H16ClNO2S. The Balaban J connectivity index is 1.66. The Morgan fingerprint density at radius 1 is 1.24 bits per heavy atom. The molecule has 0 amide bonds. The molecule has 0 unspecified atom stereocenters. The summed E-state index contributed by atoms with van der Waals surface area (Å²) < 4.78 is 5.65. The number of Topliss-reactive ketones (excluding diaryl/α,β-unsaturated/α-hetero) is 1. The summed E-state index contributed by atoms with van der Waals surface area (Å²) >= 11 is 7.72. The third-order valence-electron chi connectivity index (χ3n) is 3.52. The molecular weight excluding hydrogens is 354 g/mol. The van der Waals surface area contributed by atoms with Crippen molar-refractivity contribution in [2.24, 2.45) is 0 Å². The van der Waals surface area contributed by atoms with Crippen molar-refractivity contribution in [3.05, 3.63) is 93.5 Å². The molecule has 0 atom stereocenters. The van der Waals surface area contributed by atoms with Crippen LogP contribution in [-0.2, 0) is 0 Å². The van der Waals surface area contributed by atoms with Crippen LogP contribution in [0.15, 0.2) is 77.4 Å². The maximum atomic E-state index is 12.0. The lowest BCUT2D eigenvalue weighted by Gasteiger charge is -2.07. The summed E-state index contributed by atoms with van der Waals surface area (Å²) in [6.45, 7) is 5.31. The zero-order valence-corrected chi connectivity index (χ0v) is 15.2. The molecule has 1 aliphatic rings. The van der Waals surface area contributed by atoms with E-state index >= 15 is 0 Å². The fraction of sp³-hybridized carbons (Fsp3) is 0.0500. The second-order valence-electron chi connectivity index (χ2n) is 5.49. The van der Waals surface area contributed by atoms with Crippen molar-refractivity contribution in [3.8, 4) is 5.75 Å². The van der Waals surface area contributed by atoms with Crippen molar-refractivity contribution in [1.82, 2.24) is 5.32 Å². The van der Waals surface area contributed by atoms with Gasteiger partial charge in [-0.2, -0.15) is 0 Å². The lowest BCUT2D eigenvalue weighted by atomic mass is 10.1. The average Bonchev–Trinajstić information content (AvgIpc) is 3.09. The van der Waals surface area contributed by atoms with E-state index < -0.39 is 0 Å². The normalized spacial score (nSPS) is 14.8. The summed E-state index contributed by atoms with van der Waals surface area (Å²) in [5.74, 6) is 0.394. The molecule has 0 bridgehead atoms. The van der Waals surface area contributed by atoms with Gasteiger partial charge in [-0.05, 0) is 30.2 Å². The van der Waals surface area contributed by atoms with Gasteiger partial charge in [0.1, 0.15) is 17.0 Å². The zero-order chi connectivity index (χ0) is 17.8. The Bertz CT molecular complexity index is 888. The Labute approximate surface area is 156 Å². The summed E-state index contributed by atoms with van der Waals surface area (Å²) in [7, 11) is 0. The zero-order valence-electron chi connectivity index (χ0n) is 13.6. The molecule has 0 saturated heterocycles. The SMILES string of the molecule is C=C(C)C(=O)c1ccc(OC=C2NC(c3ccccc3)=CS2)cc1Cl. The molecule has 0 fully saturated rings. The first kappa shape index (κ1) is 17.4. The molecule has 0 radical (unpaired) electrons. The minimum atomic E-state index is -0.167. The Kier molecular flexibility index (Phi) is 5.31. The van der Waals surface area contributed by atoms with Gasteiger partial charge in [-0.1, -0.05) is 60.3 Å². The molecule has 2 aromatic carbocycles. The standard InChI is InChI=1S/C20H16ClNO2S/c1-13(2)20(23)16-9-8-15(10-17(16)21)24-11-19-22-18(12-25-19)14-6-4-3-5-7-14/h3-12,22H,1H2,2H3. The molecule has 0 spiro atoms. The van der Waals surface area contributed by atoms with E-state index in [0.29, 0.717) is 21.9 Å². The number of carbonyl (C=O) groups is 1. The van der Waals surface area contributed by atoms with Crippen molar-refractivity contribution < 1.29 is 9.53 Å².